The van der Waals surface area contributed by atoms with Gasteiger partial charge in [0.05, 0.1) is 19.3 Å². The fourth-order valence-corrected chi connectivity index (χ4v) is 2.06. The molecular formula is C14H23NO6. The first kappa shape index (κ1) is 17.4. The van der Waals surface area contributed by atoms with Crippen molar-refractivity contribution in [1.82, 2.24) is 5.32 Å². The third-order valence-corrected chi connectivity index (χ3v) is 3.07. The zero-order chi connectivity index (χ0) is 15.7. The van der Waals surface area contributed by atoms with Crippen LogP contribution in [0.25, 0.3) is 0 Å². The number of carbonyl (C=O) groups excluding carboxylic acids is 3. The number of hydrogen-bond acceptors (Lipinski definition) is 6. The number of ether oxygens (including phenoxy) is 3. The zero-order valence-corrected chi connectivity index (χ0v) is 12.6. The Morgan fingerprint density at radius 2 is 1.81 bits per heavy atom. The molecule has 1 fully saturated rings. The molecule has 0 aliphatic carbocycles. The molecule has 1 heterocycles. The first-order chi connectivity index (χ1) is 10.1. The number of amides is 1. The first-order valence-electron chi connectivity index (χ1n) is 7.32. The van der Waals surface area contributed by atoms with E-state index in [-0.39, 0.29) is 25.7 Å². The van der Waals surface area contributed by atoms with E-state index in [0.29, 0.717) is 6.42 Å². The molecule has 1 aliphatic rings. The summed E-state index contributed by atoms with van der Waals surface area (Å²) in [6.07, 6.45) is 2.79. The van der Waals surface area contributed by atoms with Gasteiger partial charge in [0.2, 0.25) is 11.9 Å². The van der Waals surface area contributed by atoms with Crippen LogP contribution in [0.5, 0.6) is 0 Å². The molecule has 120 valence electrons. The third-order valence-electron chi connectivity index (χ3n) is 3.07. The van der Waals surface area contributed by atoms with Crippen molar-refractivity contribution >= 4 is 17.8 Å². The molecule has 0 aromatic heterocycles. The Balaban J connectivity index is 2.47. The van der Waals surface area contributed by atoms with Gasteiger partial charge in [-0.1, -0.05) is 0 Å². The van der Waals surface area contributed by atoms with E-state index in [1.165, 1.54) is 0 Å². The van der Waals surface area contributed by atoms with Crippen LogP contribution in [0, 0.1) is 0 Å². The number of rotatable bonds is 8. The van der Waals surface area contributed by atoms with Crippen LogP contribution in [-0.4, -0.2) is 49.8 Å². The Bertz CT molecular complexity index is 346. The minimum Gasteiger partial charge on any atom is -0.464 e. The van der Waals surface area contributed by atoms with Crippen LogP contribution in [0.15, 0.2) is 0 Å². The standard InChI is InChI=1S/C14H23NO6/c1-3-19-13(17)12(14(18)20-4-2)15-11(16)8-7-10-6-5-9-21-10/h10,12H,3-9H2,1-2H3,(H,15,16). The monoisotopic (exact) mass is 301 g/mol. The SMILES string of the molecule is CCOC(=O)C(NC(=O)CCC1CCCO1)C(=O)OCC. The molecule has 1 rings (SSSR count). The second-order valence-corrected chi connectivity index (χ2v) is 4.68. The maximum absolute atomic E-state index is 11.8. The smallest absolute Gasteiger partial charge is 0.340 e. The van der Waals surface area contributed by atoms with Crippen molar-refractivity contribution < 1.29 is 28.6 Å². The number of hydrogen-bond donors (Lipinski definition) is 1. The molecule has 0 spiro atoms. The van der Waals surface area contributed by atoms with Gasteiger partial charge in [0.25, 0.3) is 0 Å². The van der Waals surface area contributed by atoms with Crippen LogP contribution in [0.4, 0.5) is 0 Å². The topological polar surface area (TPSA) is 90.9 Å². The van der Waals surface area contributed by atoms with Crippen LogP contribution in [0.1, 0.15) is 39.5 Å². The normalized spacial score (nSPS) is 17.6. The molecule has 7 nitrogen and oxygen atoms in total. The van der Waals surface area contributed by atoms with Gasteiger partial charge in [-0.15, -0.1) is 0 Å². The minimum atomic E-state index is -1.40. The molecule has 0 radical (unpaired) electrons. The van der Waals surface area contributed by atoms with E-state index in [4.69, 9.17) is 14.2 Å². The van der Waals surface area contributed by atoms with Gasteiger partial charge in [-0.2, -0.15) is 0 Å². The van der Waals surface area contributed by atoms with E-state index in [0.717, 1.165) is 19.4 Å². The number of nitrogens with one attached hydrogen (secondary N) is 1. The van der Waals surface area contributed by atoms with Gasteiger partial charge in [-0.3, -0.25) is 4.79 Å². The van der Waals surface area contributed by atoms with Crippen molar-refractivity contribution in [1.29, 1.82) is 0 Å². The third kappa shape index (κ3) is 6.12. The largest absolute Gasteiger partial charge is 0.464 e. The lowest BCUT2D eigenvalue weighted by Gasteiger charge is -2.16. The summed E-state index contributed by atoms with van der Waals surface area (Å²) in [5, 5.41) is 2.37. The molecule has 7 heteroatoms. The van der Waals surface area contributed by atoms with E-state index in [1.54, 1.807) is 13.8 Å². The van der Waals surface area contributed by atoms with Gasteiger partial charge < -0.3 is 19.5 Å². The Morgan fingerprint density at radius 1 is 1.19 bits per heavy atom. The van der Waals surface area contributed by atoms with Gasteiger partial charge in [-0.05, 0) is 33.1 Å². The highest BCUT2D eigenvalue weighted by Crippen LogP contribution is 2.16. The Labute approximate surface area is 124 Å². The Kier molecular flexibility index (Phi) is 7.74. The molecule has 1 amide bonds. The Morgan fingerprint density at radius 3 is 2.29 bits per heavy atom. The molecule has 1 atom stereocenters. The molecule has 0 bridgehead atoms. The van der Waals surface area contributed by atoms with Crippen LogP contribution in [-0.2, 0) is 28.6 Å². The van der Waals surface area contributed by atoms with Crippen LogP contribution < -0.4 is 5.32 Å². The lowest BCUT2D eigenvalue weighted by molar-refractivity contribution is -0.159. The van der Waals surface area contributed by atoms with Crippen LogP contribution >= 0.6 is 0 Å². The van der Waals surface area contributed by atoms with Crippen molar-refractivity contribution in [2.75, 3.05) is 19.8 Å². The molecule has 1 N–H and O–H groups in total. The maximum Gasteiger partial charge on any atom is 0.340 e. The van der Waals surface area contributed by atoms with Crippen LogP contribution in [0.3, 0.4) is 0 Å². The molecule has 0 aromatic carbocycles. The molecule has 1 aliphatic heterocycles. The van der Waals surface area contributed by atoms with Gasteiger partial charge in [-0.25, -0.2) is 9.59 Å². The summed E-state index contributed by atoms with van der Waals surface area (Å²) in [5.74, 6) is -2.00. The summed E-state index contributed by atoms with van der Waals surface area (Å²) in [6, 6.07) is -1.40. The van der Waals surface area contributed by atoms with E-state index < -0.39 is 23.9 Å². The van der Waals surface area contributed by atoms with Crippen molar-refractivity contribution in [3.63, 3.8) is 0 Å². The van der Waals surface area contributed by atoms with Crippen molar-refractivity contribution in [3.8, 4) is 0 Å². The lowest BCUT2D eigenvalue weighted by atomic mass is 10.1. The summed E-state index contributed by atoms with van der Waals surface area (Å²) in [4.78, 5) is 35.2. The summed E-state index contributed by atoms with van der Waals surface area (Å²) in [7, 11) is 0. The summed E-state index contributed by atoms with van der Waals surface area (Å²) in [5.41, 5.74) is 0. The maximum atomic E-state index is 11.8. The number of esters is 2. The average molecular weight is 301 g/mol. The van der Waals surface area contributed by atoms with E-state index in [1.807, 2.05) is 0 Å². The molecular weight excluding hydrogens is 278 g/mol. The van der Waals surface area contributed by atoms with E-state index in [2.05, 4.69) is 5.32 Å². The average Bonchev–Trinajstić information content (AvgIpc) is 2.96. The molecule has 1 saturated heterocycles. The van der Waals surface area contributed by atoms with Gasteiger partial charge in [0.15, 0.2) is 0 Å². The predicted molar refractivity (Wildman–Crippen MR) is 73.4 cm³/mol. The second-order valence-electron chi connectivity index (χ2n) is 4.68. The minimum absolute atomic E-state index is 0.0828. The van der Waals surface area contributed by atoms with Crippen molar-refractivity contribution in [2.45, 2.75) is 51.7 Å². The van der Waals surface area contributed by atoms with Gasteiger partial charge >= 0.3 is 11.9 Å². The molecule has 0 aromatic rings. The van der Waals surface area contributed by atoms with E-state index in [9.17, 15) is 14.4 Å². The number of carbonyl (C=O) groups is 3. The fraction of sp³-hybridized carbons (Fsp3) is 0.786. The predicted octanol–water partition coefficient (Wildman–Crippen LogP) is 0.557. The summed E-state index contributed by atoms with van der Waals surface area (Å²) in [6.45, 7) is 4.22. The second kappa shape index (κ2) is 9.33. The summed E-state index contributed by atoms with van der Waals surface area (Å²) < 4.78 is 15.0. The van der Waals surface area contributed by atoms with Crippen molar-refractivity contribution in [2.24, 2.45) is 0 Å². The van der Waals surface area contributed by atoms with E-state index >= 15 is 0 Å². The molecule has 0 saturated carbocycles. The zero-order valence-electron chi connectivity index (χ0n) is 12.6. The van der Waals surface area contributed by atoms with Gasteiger partial charge in [0.1, 0.15) is 0 Å². The Hall–Kier alpha value is -1.63. The first-order valence-corrected chi connectivity index (χ1v) is 7.32. The van der Waals surface area contributed by atoms with Crippen molar-refractivity contribution in [3.05, 3.63) is 0 Å². The lowest BCUT2D eigenvalue weighted by Crippen LogP contribution is -2.48. The quantitative estimate of drug-likeness (QED) is 0.520. The summed E-state index contributed by atoms with van der Waals surface area (Å²) >= 11 is 0. The van der Waals surface area contributed by atoms with Crippen LogP contribution in [0.2, 0.25) is 0 Å². The molecule has 21 heavy (non-hydrogen) atoms. The molecule has 1 unspecified atom stereocenters. The van der Waals surface area contributed by atoms with Gasteiger partial charge in [0, 0.05) is 13.0 Å². The highest BCUT2D eigenvalue weighted by Gasteiger charge is 2.31. The fourth-order valence-electron chi connectivity index (χ4n) is 2.06. The highest BCUT2D eigenvalue weighted by molar-refractivity contribution is 6.02. The highest BCUT2D eigenvalue weighted by atomic mass is 16.6.